The number of benzene rings is 2. The van der Waals surface area contributed by atoms with E-state index in [4.69, 9.17) is 28.3 Å². The number of carbonyl (C=O) groups is 1. The molecule has 0 aliphatic heterocycles. The van der Waals surface area contributed by atoms with Crippen molar-refractivity contribution in [2.24, 2.45) is 5.41 Å². The van der Waals surface area contributed by atoms with Gasteiger partial charge in [0.15, 0.2) is 0 Å². The lowest BCUT2D eigenvalue weighted by molar-refractivity contribution is -0.146. The van der Waals surface area contributed by atoms with E-state index in [9.17, 15) is 4.79 Å². The van der Waals surface area contributed by atoms with E-state index in [0.29, 0.717) is 16.5 Å². The molecule has 0 aliphatic carbocycles. The lowest BCUT2D eigenvalue weighted by Crippen LogP contribution is -2.26. The maximum atomic E-state index is 11.2. The van der Waals surface area contributed by atoms with Gasteiger partial charge in [0.2, 0.25) is 0 Å². The van der Waals surface area contributed by atoms with Crippen LogP contribution in [0.2, 0.25) is 10.0 Å². The van der Waals surface area contributed by atoms with Crippen LogP contribution in [0, 0.1) is 5.41 Å². The number of hydrogen-bond donors (Lipinski definition) is 1. The fraction of sp³-hybridized carbons (Fsp3) is 0.235. The zero-order chi connectivity index (χ0) is 15.6. The van der Waals surface area contributed by atoms with Gasteiger partial charge in [-0.15, -0.1) is 0 Å². The van der Waals surface area contributed by atoms with E-state index < -0.39 is 11.4 Å². The Bertz CT molecular complexity index is 661. The lowest BCUT2D eigenvalue weighted by atomic mass is 9.85. The normalized spacial score (nSPS) is 11.4. The molecule has 0 amide bonds. The van der Waals surface area contributed by atoms with Gasteiger partial charge in [0.25, 0.3) is 0 Å². The summed E-state index contributed by atoms with van der Waals surface area (Å²) in [7, 11) is 0. The fourth-order valence-electron chi connectivity index (χ4n) is 2.11. The second-order valence-corrected chi connectivity index (χ2v) is 6.53. The maximum absolute atomic E-state index is 11.2. The Labute approximate surface area is 134 Å². The molecule has 1 N–H and O–H groups in total. The molecule has 110 valence electrons. The van der Waals surface area contributed by atoms with Crippen molar-refractivity contribution in [2.75, 3.05) is 0 Å². The van der Waals surface area contributed by atoms with Gasteiger partial charge in [-0.1, -0.05) is 47.5 Å². The Morgan fingerprint density at radius 2 is 1.71 bits per heavy atom. The summed E-state index contributed by atoms with van der Waals surface area (Å²) in [4.78, 5) is 11.2. The molecule has 0 radical (unpaired) electrons. The molecule has 0 saturated heterocycles. The smallest absolute Gasteiger partial charge is 0.309 e. The summed E-state index contributed by atoms with van der Waals surface area (Å²) in [6, 6.07) is 13.1. The predicted molar refractivity (Wildman–Crippen MR) is 87.0 cm³/mol. The van der Waals surface area contributed by atoms with Crippen molar-refractivity contribution in [3.8, 4) is 11.1 Å². The molecule has 0 unspecified atom stereocenters. The SMILES string of the molecule is CC(C)(Cc1ccc(-c2cc(Cl)ccc2Cl)cc1)C(=O)O. The molecule has 2 rings (SSSR count). The van der Waals surface area contributed by atoms with Crippen LogP contribution in [-0.2, 0) is 11.2 Å². The molecule has 0 spiro atoms. The Morgan fingerprint density at radius 1 is 1.10 bits per heavy atom. The molecule has 4 heteroatoms. The van der Waals surface area contributed by atoms with E-state index in [1.54, 1.807) is 26.0 Å². The van der Waals surface area contributed by atoms with Crippen LogP contribution in [0.1, 0.15) is 19.4 Å². The van der Waals surface area contributed by atoms with Crippen LogP contribution in [0.5, 0.6) is 0 Å². The molecule has 0 aromatic heterocycles. The Morgan fingerprint density at radius 3 is 2.29 bits per heavy atom. The van der Waals surface area contributed by atoms with E-state index in [1.165, 1.54) is 0 Å². The van der Waals surface area contributed by atoms with Crippen molar-refractivity contribution >= 4 is 29.2 Å². The highest BCUT2D eigenvalue weighted by atomic mass is 35.5. The largest absolute Gasteiger partial charge is 0.481 e. The molecule has 0 fully saturated rings. The van der Waals surface area contributed by atoms with Crippen molar-refractivity contribution in [3.63, 3.8) is 0 Å². The van der Waals surface area contributed by atoms with Crippen molar-refractivity contribution < 1.29 is 9.90 Å². The third-order valence-electron chi connectivity index (χ3n) is 3.42. The number of carboxylic acids is 1. The zero-order valence-electron chi connectivity index (χ0n) is 11.9. The summed E-state index contributed by atoms with van der Waals surface area (Å²) < 4.78 is 0. The monoisotopic (exact) mass is 322 g/mol. The highest BCUT2D eigenvalue weighted by Gasteiger charge is 2.27. The van der Waals surface area contributed by atoms with Crippen molar-refractivity contribution in [2.45, 2.75) is 20.3 Å². The molecular formula is C17H16Cl2O2. The molecule has 0 atom stereocenters. The number of hydrogen-bond acceptors (Lipinski definition) is 1. The molecule has 21 heavy (non-hydrogen) atoms. The third-order valence-corrected chi connectivity index (χ3v) is 3.98. The first-order valence-electron chi connectivity index (χ1n) is 6.57. The van der Waals surface area contributed by atoms with E-state index in [1.807, 2.05) is 30.3 Å². The Kier molecular flexibility index (Phi) is 4.60. The van der Waals surface area contributed by atoms with Gasteiger partial charge in [0.1, 0.15) is 0 Å². The highest BCUT2D eigenvalue weighted by Crippen LogP contribution is 2.31. The minimum atomic E-state index is -0.801. The molecule has 2 nitrogen and oxygen atoms in total. The van der Waals surface area contributed by atoms with Gasteiger partial charge in [0.05, 0.1) is 5.41 Å². The van der Waals surface area contributed by atoms with Crippen molar-refractivity contribution in [1.82, 2.24) is 0 Å². The van der Waals surface area contributed by atoms with Crippen molar-refractivity contribution in [1.29, 1.82) is 0 Å². The molecule has 2 aromatic rings. The summed E-state index contributed by atoms with van der Waals surface area (Å²) in [6.07, 6.45) is 0.478. The average molecular weight is 323 g/mol. The zero-order valence-corrected chi connectivity index (χ0v) is 13.4. The van der Waals surface area contributed by atoms with Crippen LogP contribution in [0.15, 0.2) is 42.5 Å². The maximum Gasteiger partial charge on any atom is 0.309 e. The molecule has 0 heterocycles. The van der Waals surface area contributed by atoms with Gasteiger partial charge in [-0.25, -0.2) is 0 Å². The fourth-order valence-corrected chi connectivity index (χ4v) is 2.51. The highest BCUT2D eigenvalue weighted by molar-refractivity contribution is 6.35. The topological polar surface area (TPSA) is 37.3 Å². The summed E-state index contributed by atoms with van der Waals surface area (Å²) in [5, 5.41) is 10.4. The van der Waals surface area contributed by atoms with Gasteiger partial charge >= 0.3 is 5.97 Å². The molecule has 0 bridgehead atoms. The van der Waals surface area contributed by atoms with E-state index in [-0.39, 0.29) is 0 Å². The van der Waals surface area contributed by atoms with E-state index in [0.717, 1.165) is 16.7 Å². The molecule has 0 aliphatic rings. The van der Waals surface area contributed by atoms with Gasteiger partial charge in [0, 0.05) is 15.6 Å². The van der Waals surface area contributed by atoms with Crippen LogP contribution in [0.25, 0.3) is 11.1 Å². The van der Waals surface area contributed by atoms with Crippen LogP contribution in [0.4, 0.5) is 0 Å². The Balaban J connectivity index is 2.27. The van der Waals surface area contributed by atoms with Gasteiger partial charge < -0.3 is 5.11 Å². The Hall–Kier alpha value is -1.51. The minimum Gasteiger partial charge on any atom is -0.481 e. The first-order chi connectivity index (χ1) is 9.79. The van der Waals surface area contributed by atoms with Crippen LogP contribution in [0.3, 0.4) is 0 Å². The summed E-state index contributed by atoms with van der Waals surface area (Å²) in [5.74, 6) is -0.801. The lowest BCUT2D eigenvalue weighted by Gasteiger charge is -2.19. The van der Waals surface area contributed by atoms with Gasteiger partial charge in [-0.05, 0) is 49.6 Å². The second-order valence-electron chi connectivity index (χ2n) is 5.69. The number of halogens is 2. The first-order valence-corrected chi connectivity index (χ1v) is 7.33. The van der Waals surface area contributed by atoms with Crippen LogP contribution in [-0.4, -0.2) is 11.1 Å². The quantitative estimate of drug-likeness (QED) is 0.827. The average Bonchev–Trinajstić information content (AvgIpc) is 2.42. The van der Waals surface area contributed by atoms with E-state index >= 15 is 0 Å². The molecular weight excluding hydrogens is 307 g/mol. The van der Waals surface area contributed by atoms with Crippen LogP contribution >= 0.6 is 23.2 Å². The predicted octanol–water partition coefficient (Wildman–Crippen LogP) is 5.31. The summed E-state index contributed by atoms with van der Waals surface area (Å²) in [6.45, 7) is 3.44. The minimum absolute atomic E-state index is 0.478. The van der Waals surface area contributed by atoms with Crippen molar-refractivity contribution in [3.05, 3.63) is 58.1 Å². The first kappa shape index (κ1) is 15.9. The summed E-state index contributed by atoms with van der Waals surface area (Å²) >= 11 is 12.2. The van der Waals surface area contributed by atoms with E-state index in [2.05, 4.69) is 0 Å². The standard InChI is InChI=1S/C17H16Cl2O2/c1-17(2,16(20)21)10-11-3-5-12(6-4-11)14-9-13(18)7-8-15(14)19/h3-9H,10H2,1-2H3,(H,20,21). The summed E-state index contributed by atoms with van der Waals surface area (Å²) in [5.41, 5.74) is 2.02. The van der Waals surface area contributed by atoms with Crippen LogP contribution < -0.4 is 0 Å². The third kappa shape index (κ3) is 3.78. The molecule has 2 aromatic carbocycles. The number of rotatable bonds is 4. The second kappa shape index (κ2) is 6.08. The van der Waals surface area contributed by atoms with Gasteiger partial charge in [-0.2, -0.15) is 0 Å². The number of aliphatic carboxylic acids is 1. The molecule has 0 saturated carbocycles. The van der Waals surface area contributed by atoms with Gasteiger partial charge in [-0.3, -0.25) is 4.79 Å². The number of carboxylic acid groups (broad SMARTS) is 1.